The van der Waals surface area contributed by atoms with Crippen molar-refractivity contribution in [3.05, 3.63) is 47.4 Å². The molecule has 0 unspecified atom stereocenters. The van der Waals surface area contributed by atoms with Crippen LogP contribution in [0.3, 0.4) is 0 Å². The maximum atomic E-state index is 13.4. The molecule has 0 N–H and O–H groups in total. The molecule has 1 aliphatic heterocycles. The molecule has 6 nitrogen and oxygen atoms in total. The minimum atomic E-state index is -0.267. The minimum Gasteiger partial charge on any atom is -0.466 e. The van der Waals surface area contributed by atoms with E-state index in [1.54, 1.807) is 12.1 Å². The SMILES string of the molecule is CCOC(=O)C[C@H](c1ccc(F)cc1)C1CCN([C@H](C)c2nc(C(C)(C)C)no2)CC1. The van der Waals surface area contributed by atoms with Crippen molar-refractivity contribution in [3.8, 4) is 0 Å². The number of carbonyl (C=O) groups excluding carboxylic acids is 1. The summed E-state index contributed by atoms with van der Waals surface area (Å²) in [6.45, 7) is 12.2. The van der Waals surface area contributed by atoms with Crippen LogP contribution in [0, 0.1) is 11.7 Å². The van der Waals surface area contributed by atoms with Gasteiger partial charge in [0.25, 0.3) is 0 Å². The normalized spacial score (nSPS) is 18.0. The summed E-state index contributed by atoms with van der Waals surface area (Å²) in [5.74, 6) is 1.24. The van der Waals surface area contributed by atoms with E-state index in [0.717, 1.165) is 37.3 Å². The molecular weight excluding hydrogens is 397 g/mol. The van der Waals surface area contributed by atoms with Gasteiger partial charge in [-0.15, -0.1) is 0 Å². The van der Waals surface area contributed by atoms with E-state index < -0.39 is 0 Å². The molecule has 0 bridgehead atoms. The predicted molar refractivity (Wildman–Crippen MR) is 116 cm³/mol. The van der Waals surface area contributed by atoms with Gasteiger partial charge in [-0.1, -0.05) is 38.1 Å². The van der Waals surface area contributed by atoms with Gasteiger partial charge in [-0.2, -0.15) is 4.98 Å². The van der Waals surface area contributed by atoms with E-state index in [4.69, 9.17) is 9.26 Å². The Labute approximate surface area is 184 Å². The number of benzene rings is 1. The molecule has 31 heavy (non-hydrogen) atoms. The average Bonchev–Trinajstić information content (AvgIpc) is 3.24. The highest BCUT2D eigenvalue weighted by molar-refractivity contribution is 5.70. The first kappa shape index (κ1) is 23.4. The molecule has 1 fully saturated rings. The van der Waals surface area contributed by atoms with Crippen molar-refractivity contribution in [1.29, 1.82) is 0 Å². The van der Waals surface area contributed by atoms with Crippen molar-refractivity contribution in [1.82, 2.24) is 15.0 Å². The fraction of sp³-hybridized carbons (Fsp3) is 0.625. The number of hydrogen-bond acceptors (Lipinski definition) is 6. The number of aromatic nitrogens is 2. The van der Waals surface area contributed by atoms with Crippen LogP contribution < -0.4 is 0 Å². The molecule has 0 spiro atoms. The second kappa shape index (κ2) is 9.90. The number of rotatable bonds is 7. The van der Waals surface area contributed by atoms with Gasteiger partial charge in [-0.3, -0.25) is 9.69 Å². The zero-order chi connectivity index (χ0) is 22.6. The molecule has 1 saturated heterocycles. The van der Waals surface area contributed by atoms with Gasteiger partial charge in [0.15, 0.2) is 5.82 Å². The topological polar surface area (TPSA) is 68.5 Å². The Morgan fingerprint density at radius 1 is 1.26 bits per heavy atom. The van der Waals surface area contributed by atoms with Crippen LogP contribution in [-0.4, -0.2) is 40.7 Å². The molecule has 2 aromatic rings. The van der Waals surface area contributed by atoms with Crippen LogP contribution in [0.1, 0.15) is 83.1 Å². The van der Waals surface area contributed by atoms with Crippen molar-refractivity contribution in [2.24, 2.45) is 5.92 Å². The Balaban J connectivity index is 1.67. The number of ether oxygens (including phenoxy) is 1. The van der Waals surface area contributed by atoms with Gasteiger partial charge in [-0.05, 0) is 69.3 Å². The lowest BCUT2D eigenvalue weighted by molar-refractivity contribution is -0.144. The predicted octanol–water partition coefficient (Wildman–Crippen LogP) is 5.02. The largest absolute Gasteiger partial charge is 0.466 e. The molecule has 2 atom stereocenters. The third-order valence-corrected chi connectivity index (χ3v) is 6.15. The zero-order valence-electron chi connectivity index (χ0n) is 19.2. The fourth-order valence-corrected chi connectivity index (χ4v) is 4.24. The number of piperidine rings is 1. The molecule has 0 aliphatic carbocycles. The zero-order valence-corrected chi connectivity index (χ0v) is 19.2. The number of carbonyl (C=O) groups is 1. The summed E-state index contributed by atoms with van der Waals surface area (Å²) in [6.07, 6.45) is 2.19. The minimum absolute atomic E-state index is 0.0213. The first-order chi connectivity index (χ1) is 14.7. The van der Waals surface area contributed by atoms with Gasteiger partial charge < -0.3 is 9.26 Å². The Morgan fingerprint density at radius 2 is 1.90 bits per heavy atom. The van der Waals surface area contributed by atoms with Crippen LogP contribution in [0.25, 0.3) is 0 Å². The first-order valence-electron chi connectivity index (χ1n) is 11.2. The molecule has 1 aliphatic rings. The molecule has 0 saturated carbocycles. The van der Waals surface area contributed by atoms with Crippen LogP contribution >= 0.6 is 0 Å². The van der Waals surface area contributed by atoms with Gasteiger partial charge >= 0.3 is 5.97 Å². The van der Waals surface area contributed by atoms with Crippen molar-refractivity contribution in [2.75, 3.05) is 19.7 Å². The third-order valence-electron chi connectivity index (χ3n) is 6.15. The van der Waals surface area contributed by atoms with E-state index >= 15 is 0 Å². The molecule has 1 aromatic heterocycles. The van der Waals surface area contributed by atoms with Gasteiger partial charge in [0.1, 0.15) is 5.82 Å². The lowest BCUT2D eigenvalue weighted by Crippen LogP contribution is -2.38. The summed E-state index contributed by atoms with van der Waals surface area (Å²) < 4.78 is 24.2. The Bertz CT molecular complexity index is 852. The van der Waals surface area contributed by atoms with Crippen molar-refractivity contribution >= 4 is 5.97 Å². The highest BCUT2D eigenvalue weighted by Crippen LogP contribution is 2.37. The van der Waals surface area contributed by atoms with Crippen molar-refractivity contribution in [3.63, 3.8) is 0 Å². The summed E-state index contributed by atoms with van der Waals surface area (Å²) in [5.41, 5.74) is 0.844. The molecular formula is C24H34FN3O3. The van der Waals surface area contributed by atoms with Gasteiger partial charge in [0.05, 0.1) is 19.1 Å². The smallest absolute Gasteiger partial charge is 0.306 e. The van der Waals surface area contributed by atoms with E-state index in [0.29, 0.717) is 24.8 Å². The van der Waals surface area contributed by atoms with E-state index in [-0.39, 0.29) is 29.2 Å². The monoisotopic (exact) mass is 431 g/mol. The summed E-state index contributed by atoms with van der Waals surface area (Å²) in [7, 11) is 0. The lowest BCUT2D eigenvalue weighted by atomic mass is 9.78. The Morgan fingerprint density at radius 3 is 2.45 bits per heavy atom. The number of likely N-dealkylation sites (tertiary alicyclic amines) is 1. The summed E-state index contributed by atoms with van der Waals surface area (Å²) in [4.78, 5) is 19.2. The number of nitrogens with zero attached hydrogens (tertiary/aromatic N) is 3. The molecule has 2 heterocycles. The van der Waals surface area contributed by atoms with Gasteiger partial charge in [0, 0.05) is 5.41 Å². The van der Waals surface area contributed by atoms with E-state index in [2.05, 4.69) is 42.7 Å². The standard InChI is InChI=1S/C24H34FN3O3/c1-6-30-21(29)15-20(17-7-9-19(25)10-8-17)18-11-13-28(14-12-18)16(2)22-26-23(27-31-22)24(3,4)5/h7-10,16,18,20H,6,11-15H2,1-5H3/t16-,20-/m1/s1. The number of esters is 1. The molecule has 0 radical (unpaired) electrons. The van der Waals surface area contributed by atoms with Crippen LogP contribution in [0.4, 0.5) is 4.39 Å². The fourth-order valence-electron chi connectivity index (χ4n) is 4.24. The Hall–Kier alpha value is -2.28. The molecule has 7 heteroatoms. The highest BCUT2D eigenvalue weighted by Gasteiger charge is 2.33. The lowest BCUT2D eigenvalue weighted by Gasteiger charge is -2.38. The average molecular weight is 432 g/mol. The maximum Gasteiger partial charge on any atom is 0.306 e. The molecule has 1 aromatic carbocycles. The highest BCUT2D eigenvalue weighted by atomic mass is 19.1. The summed E-state index contributed by atoms with van der Waals surface area (Å²) >= 11 is 0. The molecule has 170 valence electrons. The van der Waals surface area contributed by atoms with E-state index in [9.17, 15) is 9.18 Å². The maximum absolute atomic E-state index is 13.4. The quantitative estimate of drug-likeness (QED) is 0.574. The number of hydrogen-bond donors (Lipinski definition) is 0. The van der Waals surface area contributed by atoms with Crippen LogP contribution in [0.15, 0.2) is 28.8 Å². The van der Waals surface area contributed by atoms with Gasteiger partial charge in [0.2, 0.25) is 5.89 Å². The summed E-state index contributed by atoms with van der Waals surface area (Å²) in [6, 6.07) is 6.56. The van der Waals surface area contributed by atoms with Crippen LogP contribution in [-0.2, 0) is 14.9 Å². The third kappa shape index (κ3) is 5.91. The van der Waals surface area contributed by atoms with E-state index in [1.165, 1.54) is 12.1 Å². The van der Waals surface area contributed by atoms with Crippen molar-refractivity contribution in [2.45, 2.75) is 71.3 Å². The van der Waals surface area contributed by atoms with Crippen LogP contribution in [0.5, 0.6) is 0 Å². The van der Waals surface area contributed by atoms with Crippen LogP contribution in [0.2, 0.25) is 0 Å². The van der Waals surface area contributed by atoms with Crippen molar-refractivity contribution < 1.29 is 18.4 Å². The molecule has 3 rings (SSSR count). The summed E-state index contributed by atoms with van der Waals surface area (Å²) in [5, 5.41) is 4.15. The second-order valence-corrected chi connectivity index (χ2v) is 9.42. The Kier molecular flexibility index (Phi) is 7.46. The molecule has 0 amide bonds. The number of halogens is 1. The van der Waals surface area contributed by atoms with E-state index in [1.807, 2.05) is 6.92 Å². The second-order valence-electron chi connectivity index (χ2n) is 9.42. The first-order valence-corrected chi connectivity index (χ1v) is 11.2. The van der Waals surface area contributed by atoms with Gasteiger partial charge in [-0.25, -0.2) is 4.39 Å².